The summed E-state index contributed by atoms with van der Waals surface area (Å²) in [5, 5.41) is 4.35. The number of aromatic nitrogens is 3. The fourth-order valence-corrected chi connectivity index (χ4v) is 4.96. The van der Waals surface area contributed by atoms with Crippen LogP contribution in [-0.4, -0.2) is 38.1 Å². The zero-order valence-corrected chi connectivity index (χ0v) is 17.3. The third-order valence-electron chi connectivity index (χ3n) is 5.54. The zero-order chi connectivity index (χ0) is 19.3. The monoisotopic (exact) mass is 396 g/mol. The summed E-state index contributed by atoms with van der Waals surface area (Å²) in [5.74, 6) is 1.98. The van der Waals surface area contributed by atoms with Crippen molar-refractivity contribution in [2.24, 2.45) is 0 Å². The van der Waals surface area contributed by atoms with Crippen LogP contribution in [0.25, 0.3) is 10.9 Å². The first-order chi connectivity index (χ1) is 13.8. The lowest BCUT2D eigenvalue weighted by Gasteiger charge is -2.14. The number of hydrogen-bond acceptors (Lipinski definition) is 3. The van der Waals surface area contributed by atoms with Crippen molar-refractivity contribution in [3.05, 3.63) is 53.7 Å². The number of nitrogens with zero attached hydrogens (tertiary/aromatic N) is 3. The normalized spacial score (nSPS) is 13.6. The maximum Gasteiger partial charge on any atom is 0.251 e. The van der Waals surface area contributed by atoms with Crippen molar-refractivity contribution in [1.82, 2.24) is 19.4 Å². The Hall–Kier alpha value is -2.21. The molecule has 0 spiro atoms. The van der Waals surface area contributed by atoms with Crippen LogP contribution < -0.4 is 5.32 Å². The molecule has 1 aliphatic rings. The van der Waals surface area contributed by atoms with Crippen LogP contribution in [0.3, 0.4) is 0 Å². The van der Waals surface area contributed by atoms with Crippen LogP contribution in [0.15, 0.2) is 36.9 Å². The number of carbonyl (C=O) groups is 1. The van der Waals surface area contributed by atoms with E-state index in [1.165, 1.54) is 35.0 Å². The third-order valence-corrected chi connectivity index (χ3v) is 6.50. The second-order valence-electron chi connectivity index (χ2n) is 7.28. The van der Waals surface area contributed by atoms with E-state index in [4.69, 9.17) is 0 Å². The first kappa shape index (κ1) is 19.1. The molecule has 0 unspecified atom stereocenters. The van der Waals surface area contributed by atoms with Crippen molar-refractivity contribution in [2.75, 3.05) is 18.1 Å². The van der Waals surface area contributed by atoms with Gasteiger partial charge in [-0.2, -0.15) is 11.8 Å². The highest BCUT2D eigenvalue weighted by Gasteiger charge is 2.20. The summed E-state index contributed by atoms with van der Waals surface area (Å²) < 4.78 is 4.51. The number of aryl methyl sites for hydroxylation is 3. The Morgan fingerprint density at radius 2 is 2.14 bits per heavy atom. The van der Waals surface area contributed by atoms with E-state index < -0.39 is 0 Å². The van der Waals surface area contributed by atoms with E-state index in [0.29, 0.717) is 6.54 Å². The first-order valence-electron chi connectivity index (χ1n) is 10.2. The number of imidazole rings is 1. The van der Waals surface area contributed by atoms with E-state index in [1.807, 2.05) is 30.4 Å². The molecule has 2 heterocycles. The lowest BCUT2D eigenvalue weighted by atomic mass is 9.95. The van der Waals surface area contributed by atoms with Crippen molar-refractivity contribution in [3.63, 3.8) is 0 Å². The molecule has 1 aliphatic carbocycles. The molecule has 1 amide bonds. The predicted octanol–water partition coefficient (Wildman–Crippen LogP) is 3.90. The zero-order valence-electron chi connectivity index (χ0n) is 16.5. The first-order valence-corrected chi connectivity index (χ1v) is 11.4. The fraction of sp³-hybridized carbons (Fsp3) is 0.455. The quantitative estimate of drug-likeness (QED) is 0.588. The van der Waals surface area contributed by atoms with Gasteiger partial charge in [0.2, 0.25) is 0 Å². The summed E-state index contributed by atoms with van der Waals surface area (Å²) >= 11 is 1.85. The van der Waals surface area contributed by atoms with E-state index in [1.54, 1.807) is 6.20 Å². The predicted molar refractivity (Wildman–Crippen MR) is 116 cm³/mol. The van der Waals surface area contributed by atoms with Crippen LogP contribution in [0.1, 0.15) is 41.4 Å². The molecule has 0 fully saturated rings. The summed E-state index contributed by atoms with van der Waals surface area (Å²) in [6.45, 7) is 4.85. The van der Waals surface area contributed by atoms with Gasteiger partial charge in [-0.05, 0) is 56.4 Å². The van der Waals surface area contributed by atoms with Gasteiger partial charge >= 0.3 is 0 Å². The van der Waals surface area contributed by atoms with E-state index in [9.17, 15) is 4.79 Å². The van der Waals surface area contributed by atoms with Crippen LogP contribution in [0.4, 0.5) is 0 Å². The number of fused-ring (bicyclic) bond motifs is 3. The smallest absolute Gasteiger partial charge is 0.251 e. The summed E-state index contributed by atoms with van der Waals surface area (Å²) in [5.41, 5.74) is 5.00. The van der Waals surface area contributed by atoms with E-state index in [-0.39, 0.29) is 5.91 Å². The minimum atomic E-state index is 0.0333. The lowest BCUT2D eigenvalue weighted by molar-refractivity contribution is 0.0956. The number of rotatable bonds is 8. The van der Waals surface area contributed by atoms with Crippen molar-refractivity contribution in [3.8, 4) is 0 Å². The number of thioether (sulfide) groups is 1. The largest absolute Gasteiger partial charge is 0.351 e. The Labute approximate surface area is 170 Å². The highest BCUT2D eigenvalue weighted by molar-refractivity contribution is 7.99. The molecule has 4 rings (SSSR count). The minimum absolute atomic E-state index is 0.0333. The molecule has 0 bridgehead atoms. The van der Waals surface area contributed by atoms with Gasteiger partial charge in [0.05, 0.1) is 6.33 Å². The van der Waals surface area contributed by atoms with Crippen LogP contribution in [-0.2, 0) is 25.9 Å². The molecule has 148 valence electrons. The number of hydrogen-bond donors (Lipinski definition) is 1. The molecule has 0 aliphatic heterocycles. The van der Waals surface area contributed by atoms with Crippen LogP contribution in [0.2, 0.25) is 0 Å². The number of benzene rings is 1. The van der Waals surface area contributed by atoms with E-state index in [2.05, 4.69) is 38.5 Å². The van der Waals surface area contributed by atoms with Crippen LogP contribution >= 0.6 is 11.8 Å². The van der Waals surface area contributed by atoms with Gasteiger partial charge in [-0.3, -0.25) is 4.79 Å². The maximum absolute atomic E-state index is 12.6. The summed E-state index contributed by atoms with van der Waals surface area (Å²) in [4.78, 5) is 16.7. The molecule has 6 heteroatoms. The van der Waals surface area contributed by atoms with Gasteiger partial charge in [-0.1, -0.05) is 0 Å². The molecule has 1 N–H and O–H groups in total. The molecule has 0 atom stereocenters. The topological polar surface area (TPSA) is 51.9 Å². The van der Waals surface area contributed by atoms with E-state index >= 15 is 0 Å². The Balaban J connectivity index is 1.35. The van der Waals surface area contributed by atoms with Crippen LogP contribution in [0.5, 0.6) is 0 Å². The van der Waals surface area contributed by atoms with Crippen molar-refractivity contribution >= 4 is 28.6 Å². The summed E-state index contributed by atoms with van der Waals surface area (Å²) in [6, 6.07) is 6.21. The highest BCUT2D eigenvalue weighted by Crippen LogP contribution is 2.32. The van der Waals surface area contributed by atoms with Crippen molar-refractivity contribution in [2.45, 2.75) is 45.7 Å². The van der Waals surface area contributed by atoms with Crippen LogP contribution in [0, 0.1) is 0 Å². The Bertz CT molecular complexity index is 945. The van der Waals surface area contributed by atoms with Crippen molar-refractivity contribution < 1.29 is 4.79 Å². The molecule has 0 radical (unpaired) electrons. The molecule has 28 heavy (non-hydrogen) atoms. The Morgan fingerprint density at radius 1 is 1.25 bits per heavy atom. The maximum atomic E-state index is 12.6. The lowest BCUT2D eigenvalue weighted by Crippen LogP contribution is -2.25. The van der Waals surface area contributed by atoms with Gasteiger partial charge in [0.15, 0.2) is 0 Å². The van der Waals surface area contributed by atoms with Gasteiger partial charge in [0.1, 0.15) is 0 Å². The van der Waals surface area contributed by atoms with Gasteiger partial charge in [0.25, 0.3) is 5.91 Å². The molecule has 0 saturated carbocycles. The second kappa shape index (κ2) is 8.86. The fourth-order valence-electron chi connectivity index (χ4n) is 4.17. The SMILES string of the molecule is CCn1c2c(c3cc(C(=O)NCCSCCn4ccnc4)ccc31)CCCC2. The second-order valence-corrected chi connectivity index (χ2v) is 8.50. The minimum Gasteiger partial charge on any atom is -0.351 e. The Kier molecular flexibility index (Phi) is 6.05. The molecular formula is C22H28N4OS. The average Bonchev–Trinajstić information content (AvgIpc) is 3.35. The van der Waals surface area contributed by atoms with E-state index in [0.717, 1.165) is 43.0 Å². The number of amides is 1. The highest BCUT2D eigenvalue weighted by atomic mass is 32.2. The molecule has 3 aromatic rings. The molecule has 0 saturated heterocycles. The molecule has 5 nitrogen and oxygen atoms in total. The van der Waals surface area contributed by atoms with Gasteiger partial charge < -0.3 is 14.5 Å². The average molecular weight is 397 g/mol. The number of nitrogens with one attached hydrogen (secondary N) is 1. The molecule has 2 aromatic heterocycles. The van der Waals surface area contributed by atoms with Gasteiger partial charge in [-0.25, -0.2) is 4.98 Å². The molecular weight excluding hydrogens is 368 g/mol. The Morgan fingerprint density at radius 3 is 2.96 bits per heavy atom. The number of carbonyl (C=O) groups excluding carboxylic acids is 1. The summed E-state index contributed by atoms with van der Waals surface area (Å²) in [7, 11) is 0. The summed E-state index contributed by atoms with van der Waals surface area (Å²) in [6.07, 6.45) is 10.4. The third kappa shape index (κ3) is 3.97. The molecule has 1 aromatic carbocycles. The van der Waals surface area contributed by atoms with Crippen molar-refractivity contribution in [1.29, 1.82) is 0 Å². The van der Waals surface area contributed by atoms with Gasteiger partial charge in [0, 0.05) is 65.7 Å². The standard InChI is InChI=1S/C22H28N4OS/c1-2-26-20-6-4-3-5-18(20)19-15-17(7-8-21(19)26)22(27)24-10-13-28-14-12-25-11-9-23-16-25/h7-9,11,15-16H,2-6,10,12-14H2,1H3,(H,24,27). The van der Waals surface area contributed by atoms with Gasteiger partial charge in [-0.15, -0.1) is 0 Å².